The number of aromatic nitrogens is 3. The number of hydrogen-bond donors (Lipinski definition) is 1. The molecule has 102 valence electrons. The maximum atomic E-state index is 12.0. The summed E-state index contributed by atoms with van der Waals surface area (Å²) in [4.78, 5) is 20.6. The van der Waals surface area contributed by atoms with E-state index in [0.29, 0.717) is 16.5 Å². The van der Waals surface area contributed by atoms with Crippen molar-refractivity contribution in [3.05, 3.63) is 52.2 Å². The fourth-order valence-electron chi connectivity index (χ4n) is 1.85. The van der Waals surface area contributed by atoms with Gasteiger partial charge in [-0.1, -0.05) is 17.4 Å². The number of rotatable bonds is 3. The zero-order valence-electron chi connectivity index (χ0n) is 10.7. The molecule has 0 spiro atoms. The summed E-state index contributed by atoms with van der Waals surface area (Å²) < 4.78 is 2.60. The lowest BCUT2D eigenvalue weighted by Gasteiger charge is -2.03. The van der Waals surface area contributed by atoms with Crippen molar-refractivity contribution in [2.45, 2.75) is 16.9 Å². The molecule has 0 saturated carbocycles. The van der Waals surface area contributed by atoms with Gasteiger partial charge in [-0.2, -0.15) is 0 Å². The molecule has 0 bridgehead atoms. The van der Waals surface area contributed by atoms with Gasteiger partial charge in [0.05, 0.1) is 15.6 Å². The second-order valence-electron chi connectivity index (χ2n) is 4.23. The molecule has 0 unspecified atom stereocenters. The van der Waals surface area contributed by atoms with Crippen molar-refractivity contribution in [3.8, 4) is 0 Å². The smallest absolute Gasteiger partial charge is 0.258 e. The number of anilines is 1. The van der Waals surface area contributed by atoms with Gasteiger partial charge in [0.25, 0.3) is 5.56 Å². The van der Waals surface area contributed by atoms with Crippen LogP contribution in [0.15, 0.2) is 39.5 Å². The topological polar surface area (TPSA) is 73.3 Å². The van der Waals surface area contributed by atoms with Crippen LogP contribution in [-0.4, -0.2) is 14.4 Å². The first-order chi connectivity index (χ1) is 9.63. The third-order valence-corrected chi connectivity index (χ3v) is 5.13. The molecule has 3 rings (SSSR count). The van der Waals surface area contributed by atoms with Crippen LogP contribution in [0, 0.1) is 6.92 Å². The monoisotopic (exact) mass is 304 g/mol. The molecule has 20 heavy (non-hydrogen) atoms. The van der Waals surface area contributed by atoms with E-state index in [1.807, 2.05) is 25.1 Å². The molecule has 7 heteroatoms. The molecule has 0 saturated heterocycles. The van der Waals surface area contributed by atoms with Gasteiger partial charge < -0.3 is 5.73 Å². The van der Waals surface area contributed by atoms with E-state index in [-0.39, 0.29) is 5.56 Å². The number of thiazole rings is 1. The van der Waals surface area contributed by atoms with Crippen molar-refractivity contribution >= 4 is 33.9 Å². The van der Waals surface area contributed by atoms with Crippen molar-refractivity contribution in [1.82, 2.24) is 14.4 Å². The van der Waals surface area contributed by atoms with Crippen LogP contribution in [-0.2, 0) is 5.75 Å². The van der Waals surface area contributed by atoms with E-state index in [0.717, 1.165) is 15.6 Å². The Morgan fingerprint density at radius 1 is 1.40 bits per heavy atom. The highest BCUT2D eigenvalue weighted by Crippen LogP contribution is 2.32. The van der Waals surface area contributed by atoms with Crippen molar-refractivity contribution in [2.24, 2.45) is 0 Å². The first-order valence-corrected chi connectivity index (χ1v) is 7.77. The van der Waals surface area contributed by atoms with Crippen molar-refractivity contribution in [2.75, 3.05) is 5.73 Å². The van der Waals surface area contributed by atoms with Gasteiger partial charge in [0.15, 0.2) is 5.13 Å². The second kappa shape index (κ2) is 5.26. The Morgan fingerprint density at radius 2 is 2.25 bits per heavy atom. The predicted molar refractivity (Wildman–Crippen MR) is 82.3 cm³/mol. The summed E-state index contributed by atoms with van der Waals surface area (Å²) in [5, 5.41) is 0.566. The van der Waals surface area contributed by atoms with Crippen LogP contribution in [0.2, 0.25) is 0 Å². The average molecular weight is 304 g/mol. The number of hydrogen-bond acceptors (Lipinski definition) is 6. The number of nitrogen functional groups attached to an aromatic ring is 1. The van der Waals surface area contributed by atoms with E-state index >= 15 is 0 Å². The second-order valence-corrected chi connectivity index (χ2v) is 6.50. The minimum Gasteiger partial charge on any atom is -0.375 e. The van der Waals surface area contributed by atoms with Gasteiger partial charge in [-0.3, -0.25) is 9.20 Å². The predicted octanol–water partition coefficient (Wildman–Crippen LogP) is 2.33. The minimum absolute atomic E-state index is 0.0632. The lowest BCUT2D eigenvalue weighted by molar-refractivity contribution is 1.01. The standard InChI is InChI=1S/C13H12N4OS2/c1-8-12(20-13(14)15-8)19-7-9-6-11(18)17-5-3-2-4-10(17)16-9/h2-6H,7H2,1H3,(H2,14,15). The molecular weight excluding hydrogens is 292 g/mol. The van der Waals surface area contributed by atoms with Crippen LogP contribution in [0.25, 0.3) is 5.65 Å². The molecule has 5 nitrogen and oxygen atoms in total. The number of thioether (sulfide) groups is 1. The van der Waals surface area contributed by atoms with Crippen LogP contribution in [0.5, 0.6) is 0 Å². The molecule has 0 radical (unpaired) electrons. The maximum Gasteiger partial charge on any atom is 0.258 e. The van der Waals surface area contributed by atoms with E-state index < -0.39 is 0 Å². The molecule has 0 atom stereocenters. The highest BCUT2D eigenvalue weighted by molar-refractivity contribution is 8.00. The van der Waals surface area contributed by atoms with Gasteiger partial charge in [0.2, 0.25) is 0 Å². The van der Waals surface area contributed by atoms with Crippen molar-refractivity contribution in [3.63, 3.8) is 0 Å². The number of pyridine rings is 1. The van der Waals surface area contributed by atoms with Gasteiger partial charge in [-0.25, -0.2) is 9.97 Å². The Bertz CT molecular complexity index is 825. The van der Waals surface area contributed by atoms with Crippen LogP contribution >= 0.6 is 23.1 Å². The van der Waals surface area contributed by atoms with E-state index in [1.165, 1.54) is 15.7 Å². The highest BCUT2D eigenvalue weighted by atomic mass is 32.2. The first kappa shape index (κ1) is 13.1. The molecule has 0 amide bonds. The van der Waals surface area contributed by atoms with Crippen LogP contribution in [0.4, 0.5) is 5.13 Å². The summed E-state index contributed by atoms with van der Waals surface area (Å²) in [6.07, 6.45) is 1.72. The summed E-state index contributed by atoms with van der Waals surface area (Å²) in [5.41, 5.74) is 7.96. The fourth-order valence-corrected chi connectivity index (χ4v) is 3.77. The van der Waals surface area contributed by atoms with Gasteiger partial charge >= 0.3 is 0 Å². The van der Waals surface area contributed by atoms with Crippen molar-refractivity contribution < 1.29 is 0 Å². The summed E-state index contributed by atoms with van der Waals surface area (Å²) in [6.45, 7) is 1.93. The molecule has 3 aromatic rings. The lowest BCUT2D eigenvalue weighted by Crippen LogP contribution is -2.14. The van der Waals surface area contributed by atoms with Crippen molar-refractivity contribution in [1.29, 1.82) is 0 Å². The molecule has 2 N–H and O–H groups in total. The normalized spacial score (nSPS) is 11.1. The molecule has 0 aromatic carbocycles. The fraction of sp³-hybridized carbons (Fsp3) is 0.154. The van der Waals surface area contributed by atoms with E-state index in [1.54, 1.807) is 24.0 Å². The van der Waals surface area contributed by atoms with Crippen LogP contribution < -0.4 is 11.3 Å². The first-order valence-electron chi connectivity index (χ1n) is 5.96. The van der Waals surface area contributed by atoms with Gasteiger partial charge in [-0.15, -0.1) is 11.8 Å². The Morgan fingerprint density at radius 3 is 3.00 bits per heavy atom. The largest absolute Gasteiger partial charge is 0.375 e. The quantitative estimate of drug-likeness (QED) is 0.752. The number of nitrogens with zero attached hydrogens (tertiary/aromatic N) is 3. The van der Waals surface area contributed by atoms with E-state index in [4.69, 9.17) is 5.73 Å². The maximum absolute atomic E-state index is 12.0. The molecule has 0 aliphatic carbocycles. The Hall–Kier alpha value is -1.86. The molecule has 3 aromatic heterocycles. The Balaban J connectivity index is 1.88. The third-order valence-electron chi connectivity index (χ3n) is 2.75. The van der Waals surface area contributed by atoms with E-state index in [9.17, 15) is 4.79 Å². The number of nitrogens with two attached hydrogens (primary N) is 1. The average Bonchev–Trinajstić information content (AvgIpc) is 2.75. The summed E-state index contributed by atoms with van der Waals surface area (Å²) >= 11 is 3.06. The number of fused-ring (bicyclic) bond motifs is 1. The molecular formula is C13H12N4OS2. The zero-order chi connectivity index (χ0) is 14.1. The van der Waals surface area contributed by atoms with Crippen LogP contribution in [0.1, 0.15) is 11.4 Å². The summed E-state index contributed by atoms with van der Waals surface area (Å²) in [6, 6.07) is 7.08. The van der Waals surface area contributed by atoms with Crippen LogP contribution in [0.3, 0.4) is 0 Å². The highest BCUT2D eigenvalue weighted by Gasteiger charge is 2.08. The summed E-state index contributed by atoms with van der Waals surface area (Å²) in [7, 11) is 0. The molecule has 0 aliphatic rings. The van der Waals surface area contributed by atoms with E-state index in [2.05, 4.69) is 9.97 Å². The molecule has 0 aliphatic heterocycles. The molecule has 3 heterocycles. The Labute approximate surface area is 123 Å². The van der Waals surface area contributed by atoms with Gasteiger partial charge in [-0.05, 0) is 19.1 Å². The zero-order valence-corrected chi connectivity index (χ0v) is 12.4. The summed E-state index contributed by atoms with van der Waals surface area (Å²) in [5.74, 6) is 0.628. The van der Waals surface area contributed by atoms with Gasteiger partial charge in [0, 0.05) is 18.0 Å². The van der Waals surface area contributed by atoms with Gasteiger partial charge in [0.1, 0.15) is 5.65 Å². The number of aryl methyl sites for hydroxylation is 1. The minimum atomic E-state index is -0.0632. The SMILES string of the molecule is Cc1nc(N)sc1SCc1cc(=O)n2ccccc2n1. The molecule has 0 fully saturated rings. The lowest BCUT2D eigenvalue weighted by atomic mass is 10.4. The third kappa shape index (κ3) is 2.54. The Kier molecular flexibility index (Phi) is 3.45.